The lowest BCUT2D eigenvalue weighted by Gasteiger charge is -2.28. The molecule has 0 aromatic rings. The van der Waals surface area contributed by atoms with Crippen LogP contribution in [0, 0.1) is 5.41 Å². The molecule has 0 rings (SSSR count). The van der Waals surface area contributed by atoms with E-state index in [4.69, 9.17) is 5.11 Å². The number of aliphatic carboxylic acids is 1. The van der Waals surface area contributed by atoms with E-state index in [1.807, 2.05) is 20.8 Å². The van der Waals surface area contributed by atoms with E-state index in [0.29, 0.717) is 0 Å². The number of carbonyl (C=O) groups is 1. The molecule has 0 saturated heterocycles. The average Bonchev–Trinajstić information content (AvgIpc) is 1.79. The van der Waals surface area contributed by atoms with Crippen molar-refractivity contribution in [2.24, 2.45) is 5.41 Å². The van der Waals surface area contributed by atoms with Gasteiger partial charge in [-0.1, -0.05) is 20.8 Å². The predicted molar refractivity (Wildman–Crippen MR) is 51.8 cm³/mol. The second-order valence-corrected chi connectivity index (χ2v) is 3.81. The summed E-state index contributed by atoms with van der Waals surface area (Å²) >= 11 is 0. The maximum Gasteiger partial charge on any atom is 0.304 e. The van der Waals surface area contributed by atoms with Crippen LogP contribution in [0.3, 0.4) is 0 Å². The highest BCUT2D eigenvalue weighted by molar-refractivity contribution is 5.85. The zero-order valence-corrected chi connectivity index (χ0v) is 8.86. The third-order valence-electron chi connectivity index (χ3n) is 1.77. The fraction of sp³-hybridized carbons (Fsp3) is 0.875. The van der Waals surface area contributed by atoms with Crippen LogP contribution in [-0.2, 0) is 4.79 Å². The number of hydrogen-bond acceptors (Lipinski definition) is 2. The number of rotatable bonds is 3. The monoisotopic (exact) mass is 195 g/mol. The molecule has 0 heterocycles. The Labute approximate surface area is 80.0 Å². The molecule has 1 atom stereocenters. The van der Waals surface area contributed by atoms with Gasteiger partial charge in [0.05, 0.1) is 6.42 Å². The minimum atomic E-state index is -0.751. The second kappa shape index (κ2) is 5.38. The number of carboxylic acid groups (broad SMARTS) is 1. The van der Waals surface area contributed by atoms with Crippen molar-refractivity contribution in [2.75, 3.05) is 7.05 Å². The Bertz CT molecular complexity index is 142. The molecule has 3 nitrogen and oxygen atoms in total. The van der Waals surface area contributed by atoms with Crippen molar-refractivity contribution in [3.05, 3.63) is 0 Å². The molecule has 0 amide bonds. The minimum absolute atomic E-state index is 0. The fourth-order valence-electron chi connectivity index (χ4n) is 1.02. The van der Waals surface area contributed by atoms with Gasteiger partial charge in [0.2, 0.25) is 0 Å². The summed E-state index contributed by atoms with van der Waals surface area (Å²) in [5.41, 5.74) is 0.00708. The van der Waals surface area contributed by atoms with E-state index in [-0.39, 0.29) is 30.3 Å². The van der Waals surface area contributed by atoms with Gasteiger partial charge in [-0.05, 0) is 12.5 Å². The minimum Gasteiger partial charge on any atom is -0.481 e. The topological polar surface area (TPSA) is 49.3 Å². The quantitative estimate of drug-likeness (QED) is 0.718. The molecule has 12 heavy (non-hydrogen) atoms. The smallest absolute Gasteiger partial charge is 0.304 e. The highest BCUT2D eigenvalue weighted by Crippen LogP contribution is 2.21. The van der Waals surface area contributed by atoms with Crippen molar-refractivity contribution in [3.63, 3.8) is 0 Å². The number of carboxylic acids is 1. The summed E-state index contributed by atoms with van der Waals surface area (Å²) in [6.07, 6.45) is 0.181. The van der Waals surface area contributed by atoms with Crippen molar-refractivity contribution >= 4 is 18.4 Å². The maximum atomic E-state index is 10.4. The Kier molecular flexibility index (Phi) is 6.39. The van der Waals surface area contributed by atoms with Crippen LogP contribution in [0.15, 0.2) is 0 Å². The molecule has 0 aliphatic rings. The first-order valence-electron chi connectivity index (χ1n) is 3.77. The first kappa shape index (κ1) is 14.3. The van der Waals surface area contributed by atoms with Crippen LogP contribution in [-0.4, -0.2) is 24.2 Å². The van der Waals surface area contributed by atoms with Gasteiger partial charge in [-0.2, -0.15) is 0 Å². The van der Waals surface area contributed by atoms with E-state index < -0.39 is 5.97 Å². The molecule has 0 spiro atoms. The molecule has 4 heteroatoms. The predicted octanol–water partition coefficient (Wildman–Crippen LogP) is 1.52. The van der Waals surface area contributed by atoms with E-state index in [1.165, 1.54) is 0 Å². The maximum absolute atomic E-state index is 10.4. The van der Waals surface area contributed by atoms with Gasteiger partial charge in [0.15, 0.2) is 0 Å². The Hall–Kier alpha value is -0.280. The van der Waals surface area contributed by atoms with Crippen LogP contribution >= 0.6 is 12.4 Å². The zero-order valence-electron chi connectivity index (χ0n) is 8.05. The number of halogens is 1. The Morgan fingerprint density at radius 3 is 2.00 bits per heavy atom. The lowest BCUT2D eigenvalue weighted by atomic mass is 9.85. The molecule has 0 aromatic carbocycles. The van der Waals surface area contributed by atoms with Gasteiger partial charge in [0, 0.05) is 6.04 Å². The molecule has 2 N–H and O–H groups in total. The van der Waals surface area contributed by atoms with Crippen molar-refractivity contribution < 1.29 is 9.90 Å². The van der Waals surface area contributed by atoms with Crippen LogP contribution in [0.2, 0.25) is 0 Å². The summed E-state index contributed by atoms with van der Waals surface area (Å²) < 4.78 is 0. The lowest BCUT2D eigenvalue weighted by Crippen LogP contribution is -2.39. The molecule has 0 aliphatic carbocycles. The van der Waals surface area contributed by atoms with Gasteiger partial charge in [-0.25, -0.2) is 0 Å². The first-order chi connectivity index (χ1) is 4.88. The zero-order chi connectivity index (χ0) is 9.07. The van der Waals surface area contributed by atoms with E-state index in [9.17, 15) is 4.79 Å². The molecule has 0 unspecified atom stereocenters. The lowest BCUT2D eigenvalue weighted by molar-refractivity contribution is -0.138. The van der Waals surface area contributed by atoms with Crippen molar-refractivity contribution in [1.29, 1.82) is 0 Å². The SMILES string of the molecule is CN[C@H](CC(=O)O)C(C)(C)C.Cl. The van der Waals surface area contributed by atoms with Crippen molar-refractivity contribution in [2.45, 2.75) is 33.2 Å². The third kappa shape index (κ3) is 5.38. The molecular weight excluding hydrogens is 178 g/mol. The summed E-state index contributed by atoms with van der Waals surface area (Å²) in [5.74, 6) is -0.751. The Morgan fingerprint density at radius 1 is 1.50 bits per heavy atom. The van der Waals surface area contributed by atoms with Gasteiger partial charge >= 0.3 is 5.97 Å². The van der Waals surface area contributed by atoms with Crippen LogP contribution in [0.5, 0.6) is 0 Å². The third-order valence-corrected chi connectivity index (χ3v) is 1.77. The van der Waals surface area contributed by atoms with Crippen molar-refractivity contribution in [1.82, 2.24) is 5.32 Å². The molecule has 0 saturated carbocycles. The normalized spacial score (nSPS) is 13.3. The largest absolute Gasteiger partial charge is 0.481 e. The van der Waals surface area contributed by atoms with Gasteiger partial charge in [-0.15, -0.1) is 12.4 Å². The Morgan fingerprint density at radius 2 is 1.92 bits per heavy atom. The standard InChI is InChI=1S/C8H17NO2.ClH/c1-8(2,3)6(9-4)5-7(10)11;/h6,9H,5H2,1-4H3,(H,10,11);1H/t6-;/m1./s1. The first-order valence-corrected chi connectivity index (χ1v) is 3.77. The molecule has 0 aliphatic heterocycles. The summed E-state index contributed by atoms with van der Waals surface area (Å²) in [5, 5.41) is 11.5. The Balaban J connectivity index is 0. The van der Waals surface area contributed by atoms with Gasteiger partial charge in [0.1, 0.15) is 0 Å². The van der Waals surface area contributed by atoms with Crippen LogP contribution in [0.25, 0.3) is 0 Å². The summed E-state index contributed by atoms with van der Waals surface area (Å²) in [7, 11) is 1.79. The van der Waals surface area contributed by atoms with E-state index in [2.05, 4.69) is 5.32 Å². The van der Waals surface area contributed by atoms with Crippen LogP contribution in [0.1, 0.15) is 27.2 Å². The molecule has 0 fully saturated rings. The van der Waals surface area contributed by atoms with Crippen molar-refractivity contribution in [3.8, 4) is 0 Å². The van der Waals surface area contributed by atoms with E-state index in [0.717, 1.165) is 0 Å². The highest BCUT2D eigenvalue weighted by atomic mass is 35.5. The molecule has 0 radical (unpaired) electrons. The van der Waals surface area contributed by atoms with Gasteiger partial charge in [0.25, 0.3) is 0 Å². The molecular formula is C8H18ClNO2. The van der Waals surface area contributed by atoms with E-state index in [1.54, 1.807) is 7.05 Å². The second-order valence-electron chi connectivity index (χ2n) is 3.81. The fourth-order valence-corrected chi connectivity index (χ4v) is 1.02. The summed E-state index contributed by atoms with van der Waals surface area (Å²) in [4.78, 5) is 10.4. The number of hydrogen-bond donors (Lipinski definition) is 2. The summed E-state index contributed by atoms with van der Waals surface area (Å²) in [6, 6.07) is 0.0417. The van der Waals surface area contributed by atoms with E-state index >= 15 is 0 Å². The molecule has 0 bridgehead atoms. The van der Waals surface area contributed by atoms with Gasteiger partial charge < -0.3 is 10.4 Å². The molecule has 0 aromatic heterocycles. The van der Waals surface area contributed by atoms with Gasteiger partial charge in [-0.3, -0.25) is 4.79 Å². The van der Waals surface area contributed by atoms with Crippen LogP contribution < -0.4 is 5.32 Å². The van der Waals surface area contributed by atoms with Crippen LogP contribution in [0.4, 0.5) is 0 Å². The average molecular weight is 196 g/mol. The molecule has 74 valence electrons. The number of nitrogens with one attached hydrogen (secondary N) is 1. The highest BCUT2D eigenvalue weighted by Gasteiger charge is 2.24. The summed E-state index contributed by atoms with van der Waals surface area (Å²) in [6.45, 7) is 6.07.